The van der Waals surface area contributed by atoms with Crippen molar-refractivity contribution in [3.63, 3.8) is 0 Å². The molecule has 0 spiro atoms. The molecule has 4 nitrogen and oxygen atoms in total. The van der Waals surface area contributed by atoms with E-state index in [0.29, 0.717) is 6.04 Å². The number of anilines is 1. The van der Waals surface area contributed by atoms with Crippen molar-refractivity contribution < 1.29 is 4.74 Å². The third-order valence-corrected chi connectivity index (χ3v) is 6.62. The van der Waals surface area contributed by atoms with Gasteiger partial charge in [0.25, 0.3) is 0 Å². The molecule has 0 amide bonds. The Morgan fingerprint density at radius 1 is 1.12 bits per heavy atom. The number of ether oxygens (including phenoxy) is 1. The lowest BCUT2D eigenvalue weighted by Crippen LogP contribution is -2.51. The Hall–Kier alpha value is -1.33. The smallest absolute Gasteiger partial charge is 0.173 e. The number of nitrogens with zero attached hydrogens (tertiary/aromatic N) is 2. The van der Waals surface area contributed by atoms with Gasteiger partial charge in [0, 0.05) is 30.9 Å². The van der Waals surface area contributed by atoms with Gasteiger partial charge in [0.2, 0.25) is 0 Å². The van der Waals surface area contributed by atoms with Gasteiger partial charge in [-0.25, -0.2) is 0 Å². The van der Waals surface area contributed by atoms with Crippen LogP contribution in [0.25, 0.3) is 0 Å². The number of hydrogen-bond donors (Lipinski definition) is 1. The summed E-state index contributed by atoms with van der Waals surface area (Å²) in [7, 11) is 4.03. The fourth-order valence-electron chi connectivity index (χ4n) is 4.53. The molecule has 5 heteroatoms. The van der Waals surface area contributed by atoms with E-state index in [1.54, 1.807) is 7.11 Å². The standard InChI is InChI=1S/C21H33N3OS/c1-16-6-4-5-7-20(16)23(2)18-12-14-24(15-13-18)21(26)22-17-8-10-19(25-3)11-9-17/h8-11,16,18,20H,4-7,12-15H2,1-3H3,(H,22,26)/t16-,20-/m1/s1. The van der Waals surface area contributed by atoms with Gasteiger partial charge >= 0.3 is 0 Å². The van der Waals surface area contributed by atoms with Gasteiger partial charge in [-0.2, -0.15) is 0 Å². The van der Waals surface area contributed by atoms with Gasteiger partial charge < -0.3 is 19.9 Å². The maximum absolute atomic E-state index is 5.64. The summed E-state index contributed by atoms with van der Waals surface area (Å²) in [6.45, 7) is 4.51. The minimum atomic E-state index is 0.695. The number of nitrogens with one attached hydrogen (secondary N) is 1. The van der Waals surface area contributed by atoms with Gasteiger partial charge in [-0.1, -0.05) is 19.8 Å². The highest BCUT2D eigenvalue weighted by Gasteiger charge is 2.31. The Bertz CT molecular complexity index is 583. The van der Waals surface area contributed by atoms with Gasteiger partial charge in [0.15, 0.2) is 5.11 Å². The van der Waals surface area contributed by atoms with Crippen molar-refractivity contribution in [1.29, 1.82) is 0 Å². The summed E-state index contributed by atoms with van der Waals surface area (Å²) in [5.74, 6) is 1.70. The van der Waals surface area contributed by atoms with Gasteiger partial charge in [-0.05, 0) is 75.1 Å². The number of thiocarbonyl (C=S) groups is 1. The Kier molecular flexibility index (Phi) is 6.76. The summed E-state index contributed by atoms with van der Waals surface area (Å²) in [5.41, 5.74) is 1.02. The molecular formula is C21H33N3OS. The number of piperidine rings is 1. The van der Waals surface area contributed by atoms with Crippen LogP contribution in [0.2, 0.25) is 0 Å². The molecule has 1 aromatic carbocycles. The van der Waals surface area contributed by atoms with E-state index < -0.39 is 0 Å². The van der Waals surface area contributed by atoms with Crippen LogP contribution in [-0.2, 0) is 0 Å². The number of benzene rings is 1. The van der Waals surface area contributed by atoms with E-state index in [2.05, 4.69) is 29.1 Å². The van der Waals surface area contributed by atoms with Crippen molar-refractivity contribution in [2.24, 2.45) is 5.92 Å². The van der Waals surface area contributed by atoms with Crippen molar-refractivity contribution in [3.05, 3.63) is 24.3 Å². The van der Waals surface area contributed by atoms with Crippen molar-refractivity contribution in [2.45, 2.75) is 57.5 Å². The lowest BCUT2D eigenvalue weighted by molar-refractivity contribution is 0.0691. The fraction of sp³-hybridized carbons (Fsp3) is 0.667. The quantitative estimate of drug-likeness (QED) is 0.789. The summed E-state index contributed by atoms with van der Waals surface area (Å²) in [6, 6.07) is 9.39. The molecule has 2 atom stereocenters. The molecule has 144 valence electrons. The van der Waals surface area contributed by atoms with Crippen molar-refractivity contribution in [3.8, 4) is 5.75 Å². The van der Waals surface area contributed by atoms with Crippen LogP contribution >= 0.6 is 12.2 Å². The SMILES string of the molecule is COc1ccc(NC(=S)N2CCC(N(C)[C@@H]3CCCC[C@H]3C)CC2)cc1. The molecule has 1 aliphatic carbocycles. The van der Waals surface area contributed by atoms with E-state index in [9.17, 15) is 0 Å². The average molecular weight is 376 g/mol. The van der Waals surface area contributed by atoms with Crippen LogP contribution in [0, 0.1) is 5.92 Å². The number of rotatable bonds is 4. The molecule has 26 heavy (non-hydrogen) atoms. The minimum absolute atomic E-state index is 0.695. The third-order valence-electron chi connectivity index (χ3n) is 6.26. The Morgan fingerprint density at radius 2 is 1.77 bits per heavy atom. The zero-order valence-corrected chi connectivity index (χ0v) is 17.2. The van der Waals surface area contributed by atoms with Crippen molar-refractivity contribution in [1.82, 2.24) is 9.80 Å². The van der Waals surface area contributed by atoms with Crippen LogP contribution in [0.5, 0.6) is 5.75 Å². The first kappa shape index (κ1) is 19.4. The number of hydrogen-bond acceptors (Lipinski definition) is 3. The molecule has 0 radical (unpaired) electrons. The van der Waals surface area contributed by atoms with E-state index in [4.69, 9.17) is 17.0 Å². The minimum Gasteiger partial charge on any atom is -0.497 e. The summed E-state index contributed by atoms with van der Waals surface area (Å²) >= 11 is 5.64. The van der Waals surface area contributed by atoms with E-state index in [-0.39, 0.29) is 0 Å². The van der Waals surface area contributed by atoms with Crippen LogP contribution in [-0.4, -0.2) is 54.2 Å². The zero-order valence-electron chi connectivity index (χ0n) is 16.4. The lowest BCUT2D eigenvalue weighted by Gasteiger charge is -2.44. The van der Waals surface area contributed by atoms with Gasteiger partial charge in [-0.15, -0.1) is 0 Å². The van der Waals surface area contributed by atoms with Crippen molar-refractivity contribution >= 4 is 23.0 Å². The van der Waals surface area contributed by atoms with Crippen LogP contribution in [0.3, 0.4) is 0 Å². The molecule has 1 saturated heterocycles. The van der Waals surface area contributed by atoms with Crippen molar-refractivity contribution in [2.75, 3.05) is 32.6 Å². The highest BCUT2D eigenvalue weighted by molar-refractivity contribution is 7.80. The monoisotopic (exact) mass is 375 g/mol. The van der Waals surface area contributed by atoms with E-state index in [1.165, 1.54) is 38.5 Å². The highest BCUT2D eigenvalue weighted by atomic mass is 32.1. The summed E-state index contributed by atoms with van der Waals surface area (Å²) < 4.78 is 5.21. The lowest BCUT2D eigenvalue weighted by atomic mass is 9.84. The van der Waals surface area contributed by atoms with E-state index >= 15 is 0 Å². The number of methoxy groups -OCH3 is 1. The molecule has 1 saturated carbocycles. The molecule has 2 fully saturated rings. The topological polar surface area (TPSA) is 27.7 Å². The Labute approximate surface area is 163 Å². The van der Waals surface area contributed by atoms with Crippen LogP contribution in [0.15, 0.2) is 24.3 Å². The second kappa shape index (κ2) is 9.05. The predicted molar refractivity (Wildman–Crippen MR) is 113 cm³/mol. The zero-order chi connectivity index (χ0) is 18.5. The first-order valence-corrected chi connectivity index (χ1v) is 10.4. The maximum atomic E-state index is 5.64. The van der Waals surface area contributed by atoms with E-state index in [1.807, 2.05) is 24.3 Å². The molecule has 0 aromatic heterocycles. The molecule has 1 aliphatic heterocycles. The molecule has 0 unspecified atom stereocenters. The summed E-state index contributed by atoms with van der Waals surface area (Å²) in [5, 5.41) is 4.20. The molecule has 1 heterocycles. The second-order valence-corrected chi connectivity index (χ2v) is 8.26. The van der Waals surface area contributed by atoms with Gasteiger partial charge in [0.1, 0.15) is 5.75 Å². The molecule has 1 N–H and O–H groups in total. The molecule has 1 aromatic rings. The van der Waals surface area contributed by atoms with Crippen LogP contribution in [0.4, 0.5) is 5.69 Å². The maximum Gasteiger partial charge on any atom is 0.173 e. The molecular weight excluding hydrogens is 342 g/mol. The summed E-state index contributed by atoms with van der Waals surface area (Å²) in [4.78, 5) is 5.00. The predicted octanol–water partition coefficient (Wildman–Crippen LogP) is 4.37. The van der Waals surface area contributed by atoms with Crippen LogP contribution < -0.4 is 10.1 Å². The molecule has 0 bridgehead atoms. The number of likely N-dealkylation sites (tertiary alicyclic amines) is 1. The van der Waals surface area contributed by atoms with Gasteiger partial charge in [0.05, 0.1) is 7.11 Å². The summed E-state index contributed by atoms with van der Waals surface area (Å²) in [6.07, 6.45) is 7.97. The second-order valence-electron chi connectivity index (χ2n) is 7.87. The van der Waals surface area contributed by atoms with E-state index in [0.717, 1.165) is 41.6 Å². The van der Waals surface area contributed by atoms with Gasteiger partial charge in [-0.3, -0.25) is 0 Å². The highest BCUT2D eigenvalue weighted by Crippen LogP contribution is 2.30. The molecule has 3 rings (SSSR count). The largest absolute Gasteiger partial charge is 0.497 e. The first-order chi connectivity index (χ1) is 12.6. The fourth-order valence-corrected chi connectivity index (χ4v) is 4.83. The average Bonchev–Trinajstić information content (AvgIpc) is 2.68. The Morgan fingerprint density at radius 3 is 2.38 bits per heavy atom. The normalized spacial score (nSPS) is 24.5. The third kappa shape index (κ3) is 4.68. The van der Waals surface area contributed by atoms with Crippen LogP contribution in [0.1, 0.15) is 45.4 Å². The Balaban J connectivity index is 1.48. The first-order valence-electron chi connectivity index (χ1n) is 10.0. The molecule has 2 aliphatic rings.